The van der Waals surface area contributed by atoms with Crippen molar-refractivity contribution in [1.29, 1.82) is 0 Å². The molecular formula is C26H22OP+. The zero-order valence-electron chi connectivity index (χ0n) is 15.6. The zero-order valence-corrected chi connectivity index (χ0v) is 16.5. The van der Waals surface area contributed by atoms with Gasteiger partial charge in [0.2, 0.25) is 5.85 Å². The molecule has 1 heterocycles. The lowest BCUT2D eigenvalue weighted by Gasteiger charge is -2.38. The van der Waals surface area contributed by atoms with Crippen LogP contribution in [0.15, 0.2) is 115 Å². The first kappa shape index (κ1) is 17.4. The van der Waals surface area contributed by atoms with Crippen molar-refractivity contribution in [2.75, 3.05) is 0 Å². The summed E-state index contributed by atoms with van der Waals surface area (Å²) >= 11 is 0. The van der Waals surface area contributed by atoms with E-state index in [-0.39, 0.29) is 5.85 Å². The van der Waals surface area contributed by atoms with Crippen LogP contribution in [-0.2, 0) is 11.3 Å². The van der Waals surface area contributed by atoms with Crippen LogP contribution in [0.3, 0.4) is 0 Å². The van der Waals surface area contributed by atoms with E-state index in [0.29, 0.717) is 6.61 Å². The molecule has 0 bridgehead atoms. The van der Waals surface area contributed by atoms with Crippen molar-refractivity contribution < 1.29 is 4.74 Å². The van der Waals surface area contributed by atoms with Crippen molar-refractivity contribution in [3.05, 3.63) is 126 Å². The molecule has 0 aliphatic carbocycles. The fourth-order valence-corrected chi connectivity index (χ4v) is 9.11. The minimum Gasteiger partial charge on any atom is -0.334 e. The van der Waals surface area contributed by atoms with Crippen molar-refractivity contribution in [2.24, 2.45) is 0 Å². The van der Waals surface area contributed by atoms with E-state index in [2.05, 4.69) is 115 Å². The highest BCUT2D eigenvalue weighted by Gasteiger charge is 2.57. The molecule has 0 radical (unpaired) electrons. The lowest BCUT2D eigenvalue weighted by molar-refractivity contribution is 0.0920. The summed E-state index contributed by atoms with van der Waals surface area (Å²) in [6, 6.07) is 41.5. The van der Waals surface area contributed by atoms with Crippen molar-refractivity contribution in [2.45, 2.75) is 12.5 Å². The molecule has 1 aliphatic rings. The Bertz CT molecular complexity index is 1020. The Hall–Kier alpha value is -2.73. The SMILES string of the molecule is c1ccc(C2OCc3ccccc3[P+]2(c2ccccc2)c2ccccc2)cc1. The van der Waals surface area contributed by atoms with E-state index in [9.17, 15) is 0 Å². The van der Waals surface area contributed by atoms with Gasteiger partial charge in [0.15, 0.2) is 0 Å². The summed E-state index contributed by atoms with van der Waals surface area (Å²) in [5.74, 6) is 0.00778. The van der Waals surface area contributed by atoms with Gasteiger partial charge in [0, 0.05) is 11.1 Å². The molecule has 0 saturated heterocycles. The highest BCUT2D eigenvalue weighted by molar-refractivity contribution is 7.96. The van der Waals surface area contributed by atoms with E-state index in [4.69, 9.17) is 4.74 Å². The number of benzene rings is 4. The lowest BCUT2D eigenvalue weighted by Crippen LogP contribution is -2.40. The van der Waals surface area contributed by atoms with Crippen LogP contribution in [0, 0.1) is 0 Å². The van der Waals surface area contributed by atoms with Crippen molar-refractivity contribution in [3.8, 4) is 0 Å². The van der Waals surface area contributed by atoms with Gasteiger partial charge >= 0.3 is 0 Å². The lowest BCUT2D eigenvalue weighted by atomic mass is 10.2. The normalized spacial score (nSPS) is 17.6. The van der Waals surface area contributed by atoms with Crippen LogP contribution in [0.2, 0.25) is 0 Å². The molecule has 4 aromatic carbocycles. The second-order valence-corrected chi connectivity index (χ2v) is 10.5. The first-order valence-electron chi connectivity index (χ1n) is 9.66. The van der Waals surface area contributed by atoms with Gasteiger partial charge in [-0.1, -0.05) is 84.9 Å². The Labute approximate surface area is 167 Å². The summed E-state index contributed by atoms with van der Waals surface area (Å²) in [5, 5.41) is 4.16. The second kappa shape index (κ2) is 7.36. The van der Waals surface area contributed by atoms with Gasteiger partial charge in [-0.3, -0.25) is 0 Å². The average Bonchev–Trinajstić information content (AvgIpc) is 2.80. The third-order valence-electron chi connectivity index (χ3n) is 5.53. The fourth-order valence-electron chi connectivity index (χ4n) is 4.35. The highest BCUT2D eigenvalue weighted by Crippen LogP contribution is 2.69. The number of ether oxygens (including phenoxy) is 1. The largest absolute Gasteiger partial charge is 0.334 e. The molecule has 0 spiro atoms. The van der Waals surface area contributed by atoms with Gasteiger partial charge in [0.1, 0.15) is 23.2 Å². The van der Waals surface area contributed by atoms with Crippen LogP contribution >= 0.6 is 7.26 Å². The minimum atomic E-state index is -2.04. The molecule has 0 fully saturated rings. The first-order valence-corrected chi connectivity index (χ1v) is 11.5. The van der Waals surface area contributed by atoms with Crippen LogP contribution in [0.1, 0.15) is 17.0 Å². The van der Waals surface area contributed by atoms with E-state index in [1.54, 1.807) is 0 Å². The fraction of sp³-hybridized carbons (Fsp3) is 0.0769. The topological polar surface area (TPSA) is 9.23 Å². The Balaban J connectivity index is 1.89. The monoisotopic (exact) mass is 381 g/mol. The summed E-state index contributed by atoms with van der Waals surface area (Å²) in [6.45, 7) is 0.650. The smallest absolute Gasteiger partial charge is 0.207 e. The molecule has 4 aromatic rings. The molecule has 0 saturated carbocycles. The second-order valence-electron chi connectivity index (χ2n) is 7.10. The van der Waals surface area contributed by atoms with Gasteiger partial charge in [0.05, 0.1) is 6.61 Å². The molecule has 0 amide bonds. The predicted molar refractivity (Wildman–Crippen MR) is 119 cm³/mol. The molecule has 5 rings (SSSR count). The number of fused-ring (bicyclic) bond motifs is 1. The zero-order chi connectivity index (χ0) is 18.8. The molecule has 2 heteroatoms. The maximum atomic E-state index is 6.66. The molecule has 0 N–H and O–H groups in total. The highest BCUT2D eigenvalue weighted by atomic mass is 31.2. The van der Waals surface area contributed by atoms with Gasteiger partial charge in [-0.2, -0.15) is 0 Å². The Morgan fingerprint density at radius 1 is 0.571 bits per heavy atom. The molecule has 0 aromatic heterocycles. The van der Waals surface area contributed by atoms with Gasteiger partial charge in [0.25, 0.3) is 0 Å². The van der Waals surface area contributed by atoms with E-state index >= 15 is 0 Å². The van der Waals surface area contributed by atoms with Crippen LogP contribution in [-0.4, -0.2) is 0 Å². The van der Waals surface area contributed by atoms with Gasteiger partial charge in [-0.25, -0.2) is 0 Å². The summed E-state index contributed by atoms with van der Waals surface area (Å²) in [5.41, 5.74) is 2.55. The van der Waals surface area contributed by atoms with E-state index < -0.39 is 7.26 Å². The Kier molecular flexibility index (Phi) is 4.56. The standard InChI is InChI=1S/C26H22OP/c1-4-12-21(13-5-1)26-27-20-22-14-10-11-19-25(22)28(26,23-15-6-2-7-16-23)24-17-8-3-9-18-24/h1-19,26H,20H2/q+1. The number of rotatable bonds is 3. The van der Waals surface area contributed by atoms with Crippen molar-refractivity contribution >= 4 is 23.2 Å². The molecular weight excluding hydrogens is 359 g/mol. The Morgan fingerprint density at radius 2 is 1.07 bits per heavy atom. The predicted octanol–water partition coefficient (Wildman–Crippen LogP) is 5.21. The average molecular weight is 381 g/mol. The van der Waals surface area contributed by atoms with E-state index in [1.807, 2.05) is 0 Å². The maximum Gasteiger partial charge on any atom is 0.207 e. The van der Waals surface area contributed by atoms with Gasteiger partial charge in [-0.15, -0.1) is 0 Å². The quantitative estimate of drug-likeness (QED) is 0.443. The van der Waals surface area contributed by atoms with Crippen LogP contribution < -0.4 is 15.9 Å². The molecule has 1 atom stereocenters. The summed E-state index contributed by atoms with van der Waals surface area (Å²) in [7, 11) is -2.04. The first-order chi connectivity index (χ1) is 13.9. The molecule has 1 aliphatic heterocycles. The Morgan fingerprint density at radius 3 is 1.68 bits per heavy atom. The number of hydrogen-bond acceptors (Lipinski definition) is 1. The van der Waals surface area contributed by atoms with E-state index in [0.717, 1.165) is 0 Å². The summed E-state index contributed by atoms with van der Waals surface area (Å²) < 4.78 is 6.66. The van der Waals surface area contributed by atoms with Crippen LogP contribution in [0.25, 0.3) is 0 Å². The van der Waals surface area contributed by atoms with Crippen LogP contribution in [0.5, 0.6) is 0 Å². The molecule has 1 nitrogen and oxygen atoms in total. The summed E-state index contributed by atoms with van der Waals surface area (Å²) in [6.07, 6.45) is 0. The van der Waals surface area contributed by atoms with E-state index in [1.165, 1.54) is 27.0 Å². The third kappa shape index (κ3) is 2.71. The molecule has 136 valence electrons. The van der Waals surface area contributed by atoms with Crippen molar-refractivity contribution in [1.82, 2.24) is 0 Å². The maximum absolute atomic E-state index is 6.66. The van der Waals surface area contributed by atoms with Gasteiger partial charge < -0.3 is 4.74 Å². The third-order valence-corrected chi connectivity index (χ3v) is 10.1. The van der Waals surface area contributed by atoms with Crippen molar-refractivity contribution in [3.63, 3.8) is 0 Å². The molecule has 28 heavy (non-hydrogen) atoms. The summed E-state index contributed by atoms with van der Waals surface area (Å²) in [4.78, 5) is 0. The van der Waals surface area contributed by atoms with Gasteiger partial charge in [-0.05, 0) is 30.3 Å². The molecule has 1 unspecified atom stereocenters. The number of hydrogen-bond donors (Lipinski definition) is 0. The van der Waals surface area contributed by atoms with Crippen LogP contribution in [0.4, 0.5) is 0 Å². The minimum absolute atomic E-state index is 0.00778.